The number of halogens is 3. The van der Waals surface area contributed by atoms with E-state index in [1.807, 2.05) is 0 Å². The van der Waals surface area contributed by atoms with Crippen molar-refractivity contribution >= 4 is 5.91 Å². The van der Waals surface area contributed by atoms with Crippen LogP contribution >= 0.6 is 0 Å². The molecular formula is C16H18F3N3O3. The molecule has 2 rings (SSSR count). The highest BCUT2D eigenvalue weighted by atomic mass is 19.4. The van der Waals surface area contributed by atoms with E-state index in [1.54, 1.807) is 25.1 Å². The molecule has 1 heterocycles. The Morgan fingerprint density at radius 3 is 2.44 bits per heavy atom. The molecular weight excluding hydrogens is 339 g/mol. The van der Waals surface area contributed by atoms with Crippen molar-refractivity contribution in [1.29, 1.82) is 0 Å². The normalized spacial score (nSPS) is 12.6. The van der Waals surface area contributed by atoms with Gasteiger partial charge in [-0.05, 0) is 25.1 Å². The molecule has 0 saturated heterocycles. The van der Waals surface area contributed by atoms with Gasteiger partial charge in [0.1, 0.15) is 17.2 Å². The van der Waals surface area contributed by atoms with Crippen LogP contribution in [-0.2, 0) is 13.2 Å². The van der Waals surface area contributed by atoms with E-state index in [2.05, 4.69) is 10.4 Å². The van der Waals surface area contributed by atoms with Crippen LogP contribution in [0.25, 0.3) is 0 Å². The van der Waals surface area contributed by atoms with Crippen LogP contribution in [0, 0.1) is 0 Å². The summed E-state index contributed by atoms with van der Waals surface area (Å²) < 4.78 is 49.4. The molecule has 9 heteroatoms. The molecule has 2 aromatic rings. The first-order valence-corrected chi connectivity index (χ1v) is 7.31. The zero-order valence-corrected chi connectivity index (χ0v) is 14.1. The summed E-state index contributed by atoms with van der Waals surface area (Å²) in [6.45, 7) is 1.69. The maximum absolute atomic E-state index is 12.7. The van der Waals surface area contributed by atoms with Crippen molar-refractivity contribution in [1.82, 2.24) is 15.1 Å². The highest BCUT2D eigenvalue weighted by molar-refractivity contribution is 5.93. The maximum atomic E-state index is 12.7. The average molecular weight is 357 g/mol. The number of aryl methyl sites for hydroxylation is 1. The summed E-state index contributed by atoms with van der Waals surface area (Å²) in [5.74, 6) is 0.411. The zero-order chi connectivity index (χ0) is 18.8. The van der Waals surface area contributed by atoms with E-state index in [9.17, 15) is 18.0 Å². The first-order valence-electron chi connectivity index (χ1n) is 7.31. The second-order valence-corrected chi connectivity index (χ2v) is 5.34. The molecule has 6 nitrogen and oxygen atoms in total. The van der Waals surface area contributed by atoms with Crippen molar-refractivity contribution in [3.8, 4) is 11.5 Å². The molecule has 1 amide bonds. The predicted molar refractivity (Wildman–Crippen MR) is 83.6 cm³/mol. The van der Waals surface area contributed by atoms with Crippen LogP contribution < -0.4 is 14.8 Å². The number of benzene rings is 1. The molecule has 0 radical (unpaired) electrons. The topological polar surface area (TPSA) is 65.4 Å². The number of nitrogens with one attached hydrogen (secondary N) is 1. The molecule has 1 unspecified atom stereocenters. The average Bonchev–Trinajstić information content (AvgIpc) is 2.96. The lowest BCUT2D eigenvalue weighted by molar-refractivity contribution is -0.141. The summed E-state index contributed by atoms with van der Waals surface area (Å²) in [6.07, 6.45) is -4.61. The van der Waals surface area contributed by atoms with E-state index in [1.165, 1.54) is 21.3 Å². The number of nitrogens with zero attached hydrogens (tertiary/aromatic N) is 2. The van der Waals surface area contributed by atoms with Gasteiger partial charge in [-0.25, -0.2) is 0 Å². The lowest BCUT2D eigenvalue weighted by atomic mass is 10.1. The van der Waals surface area contributed by atoms with Crippen LogP contribution in [0.2, 0.25) is 0 Å². The van der Waals surface area contributed by atoms with Crippen molar-refractivity contribution in [2.75, 3.05) is 14.2 Å². The Kier molecular flexibility index (Phi) is 5.24. The molecule has 1 N–H and O–H groups in total. The van der Waals surface area contributed by atoms with Crippen LogP contribution in [0.3, 0.4) is 0 Å². The summed E-state index contributed by atoms with van der Waals surface area (Å²) in [7, 11) is 4.26. The standard InChI is InChI=1S/C16H18F3N3O3/c1-9(11-7-10(24-3)5-6-13(11)25-4)20-15(23)12-8-14(16(17,18)19)21-22(12)2/h5-9H,1-4H3,(H,20,23). The number of rotatable bonds is 5. The fraction of sp³-hybridized carbons (Fsp3) is 0.375. The fourth-order valence-corrected chi connectivity index (χ4v) is 2.34. The van der Waals surface area contributed by atoms with Gasteiger partial charge in [0.15, 0.2) is 5.69 Å². The third kappa shape index (κ3) is 4.04. The first kappa shape index (κ1) is 18.6. The van der Waals surface area contributed by atoms with Crippen LogP contribution in [0.4, 0.5) is 13.2 Å². The van der Waals surface area contributed by atoms with Crippen LogP contribution in [0.15, 0.2) is 24.3 Å². The fourth-order valence-electron chi connectivity index (χ4n) is 2.34. The number of carbonyl (C=O) groups is 1. The van der Waals surface area contributed by atoms with E-state index in [4.69, 9.17) is 9.47 Å². The molecule has 0 aliphatic carbocycles. The molecule has 1 aromatic heterocycles. The number of carbonyl (C=O) groups excluding carboxylic acids is 1. The molecule has 0 bridgehead atoms. The largest absolute Gasteiger partial charge is 0.497 e. The number of hydrogen-bond acceptors (Lipinski definition) is 4. The van der Waals surface area contributed by atoms with Gasteiger partial charge in [0, 0.05) is 18.7 Å². The summed E-state index contributed by atoms with van der Waals surface area (Å²) in [5, 5.41) is 5.97. The Hall–Kier alpha value is -2.71. The summed E-state index contributed by atoms with van der Waals surface area (Å²) in [4.78, 5) is 12.3. The van der Waals surface area contributed by atoms with Gasteiger partial charge in [0.05, 0.1) is 20.3 Å². The van der Waals surface area contributed by atoms with Crippen molar-refractivity contribution in [2.24, 2.45) is 7.05 Å². The Morgan fingerprint density at radius 1 is 1.24 bits per heavy atom. The summed E-state index contributed by atoms with van der Waals surface area (Å²) in [6, 6.07) is 5.26. The van der Waals surface area contributed by atoms with Crippen LogP contribution in [0.1, 0.15) is 34.7 Å². The number of methoxy groups -OCH3 is 2. The molecule has 0 aliphatic heterocycles. The van der Waals surface area contributed by atoms with E-state index in [0.717, 1.165) is 4.68 Å². The van der Waals surface area contributed by atoms with Gasteiger partial charge in [-0.15, -0.1) is 0 Å². The number of amides is 1. The van der Waals surface area contributed by atoms with E-state index >= 15 is 0 Å². The Balaban J connectivity index is 2.25. The number of hydrogen-bond donors (Lipinski definition) is 1. The monoisotopic (exact) mass is 357 g/mol. The van der Waals surface area contributed by atoms with Gasteiger partial charge in [-0.3, -0.25) is 9.48 Å². The minimum atomic E-state index is -4.61. The highest BCUT2D eigenvalue weighted by Gasteiger charge is 2.35. The van der Waals surface area contributed by atoms with Gasteiger partial charge >= 0.3 is 6.18 Å². The summed E-state index contributed by atoms with van der Waals surface area (Å²) >= 11 is 0. The quantitative estimate of drug-likeness (QED) is 0.894. The van der Waals surface area contributed by atoms with E-state index in [-0.39, 0.29) is 5.69 Å². The van der Waals surface area contributed by atoms with Gasteiger partial charge < -0.3 is 14.8 Å². The van der Waals surface area contributed by atoms with E-state index < -0.39 is 23.8 Å². The Labute approximate surface area is 142 Å². The third-order valence-corrected chi connectivity index (χ3v) is 3.65. The molecule has 0 aliphatic rings. The Bertz CT molecular complexity index is 772. The lowest BCUT2D eigenvalue weighted by Crippen LogP contribution is -2.28. The molecule has 1 atom stereocenters. The molecule has 0 fully saturated rings. The second-order valence-electron chi connectivity index (χ2n) is 5.34. The second kappa shape index (κ2) is 7.04. The zero-order valence-electron chi connectivity index (χ0n) is 14.1. The SMILES string of the molecule is COc1ccc(OC)c(C(C)NC(=O)c2cc(C(F)(F)F)nn2C)c1. The maximum Gasteiger partial charge on any atom is 0.435 e. The van der Waals surface area contributed by atoms with Gasteiger partial charge in [0.25, 0.3) is 5.91 Å². The first-order chi connectivity index (χ1) is 11.7. The summed E-state index contributed by atoms with van der Waals surface area (Å²) in [5.41, 5.74) is -0.679. The third-order valence-electron chi connectivity index (χ3n) is 3.65. The predicted octanol–water partition coefficient (Wildman–Crippen LogP) is 2.95. The lowest BCUT2D eigenvalue weighted by Gasteiger charge is -2.18. The number of alkyl halides is 3. The van der Waals surface area contributed by atoms with Crippen LogP contribution in [-0.4, -0.2) is 29.9 Å². The minimum Gasteiger partial charge on any atom is -0.497 e. The molecule has 0 saturated carbocycles. The minimum absolute atomic E-state index is 0.193. The number of ether oxygens (including phenoxy) is 2. The van der Waals surface area contributed by atoms with Crippen molar-refractivity contribution in [2.45, 2.75) is 19.1 Å². The smallest absolute Gasteiger partial charge is 0.435 e. The molecule has 0 spiro atoms. The van der Waals surface area contributed by atoms with Crippen molar-refractivity contribution in [3.05, 3.63) is 41.2 Å². The van der Waals surface area contributed by atoms with Gasteiger partial charge in [-0.1, -0.05) is 0 Å². The Morgan fingerprint density at radius 2 is 1.92 bits per heavy atom. The molecule has 136 valence electrons. The number of aromatic nitrogens is 2. The molecule has 25 heavy (non-hydrogen) atoms. The highest BCUT2D eigenvalue weighted by Crippen LogP contribution is 2.30. The van der Waals surface area contributed by atoms with Crippen LogP contribution in [0.5, 0.6) is 11.5 Å². The van der Waals surface area contributed by atoms with Crippen molar-refractivity contribution in [3.63, 3.8) is 0 Å². The molecule has 1 aromatic carbocycles. The van der Waals surface area contributed by atoms with Crippen molar-refractivity contribution < 1.29 is 27.4 Å². The van der Waals surface area contributed by atoms with Gasteiger partial charge in [0.2, 0.25) is 0 Å². The van der Waals surface area contributed by atoms with Gasteiger partial charge in [-0.2, -0.15) is 18.3 Å². The van der Waals surface area contributed by atoms with E-state index in [0.29, 0.717) is 23.1 Å².